The van der Waals surface area contributed by atoms with Crippen molar-refractivity contribution in [2.75, 3.05) is 5.32 Å². The molecule has 0 amide bonds. The first kappa shape index (κ1) is 28.4. The normalized spacial score (nSPS) is 22.1. The van der Waals surface area contributed by atoms with E-state index in [-0.39, 0.29) is 35.4 Å². The summed E-state index contributed by atoms with van der Waals surface area (Å²) in [5, 5.41) is 6.62. The number of hydrogen-bond acceptors (Lipinski definition) is 6. The van der Waals surface area contributed by atoms with Crippen LogP contribution in [0.15, 0.2) is 59.9 Å². The summed E-state index contributed by atoms with van der Waals surface area (Å²) in [7, 11) is -4.22. The van der Waals surface area contributed by atoms with Gasteiger partial charge in [-0.05, 0) is 61.8 Å². The van der Waals surface area contributed by atoms with Crippen LogP contribution in [0.5, 0.6) is 0 Å². The van der Waals surface area contributed by atoms with Gasteiger partial charge in [-0.1, -0.05) is 24.6 Å². The highest BCUT2D eigenvalue weighted by Crippen LogP contribution is 2.38. The van der Waals surface area contributed by atoms with Gasteiger partial charge in [-0.3, -0.25) is 0 Å². The van der Waals surface area contributed by atoms with E-state index in [4.69, 9.17) is 0 Å². The van der Waals surface area contributed by atoms with E-state index >= 15 is 8.78 Å². The molecule has 2 saturated carbocycles. The predicted octanol–water partition coefficient (Wildman–Crippen LogP) is 6.01. The lowest BCUT2D eigenvalue weighted by molar-refractivity contribution is -0.137. The van der Waals surface area contributed by atoms with Gasteiger partial charge in [-0.2, -0.15) is 13.2 Å². The molecule has 0 spiro atoms. The zero-order valence-corrected chi connectivity index (χ0v) is 22.3. The number of alkyl halides is 3. The molecule has 2 aliphatic rings. The van der Waals surface area contributed by atoms with Gasteiger partial charge in [0.1, 0.15) is 22.9 Å². The standard InChI is InChI=1S/C28H29F5N4O2S/c29-22-14-27(40(38,39)15-21-9-10-34-16-35-21)23(30)13-25(22)37-24-8-7-18(12-26(24)36-20-5-2-6-20)17-3-1-4-19(11-17)28(31,32)33/h1,3-4,9-11,13-14,16,18,20,24,26,36-37H,2,5-8,12,15H2/t18-,24-,26-/m0/s1. The maximum absolute atomic E-state index is 15.2. The smallest absolute Gasteiger partial charge is 0.378 e. The van der Waals surface area contributed by atoms with Crippen LogP contribution < -0.4 is 10.6 Å². The van der Waals surface area contributed by atoms with Crippen molar-refractivity contribution in [3.05, 3.63) is 83.4 Å². The Hall–Kier alpha value is -3.12. The number of nitrogens with one attached hydrogen (secondary N) is 2. The second kappa shape index (κ2) is 11.4. The third-order valence-electron chi connectivity index (χ3n) is 7.77. The third kappa shape index (κ3) is 6.43. The molecule has 3 atom stereocenters. The highest BCUT2D eigenvalue weighted by molar-refractivity contribution is 7.90. The molecule has 0 unspecified atom stereocenters. The SMILES string of the molecule is O=S(=O)(Cc1ccncn1)c1cc(F)c(N[C@H]2CC[C@H](c3cccc(C(F)(F)F)c3)C[C@@H]2NC2CCC2)cc1F. The van der Waals surface area contributed by atoms with Crippen molar-refractivity contribution in [1.82, 2.24) is 15.3 Å². The minimum Gasteiger partial charge on any atom is -0.378 e. The molecule has 2 N–H and O–H groups in total. The number of halogens is 5. The van der Waals surface area contributed by atoms with E-state index < -0.39 is 43.9 Å². The molecule has 3 aromatic rings. The summed E-state index contributed by atoms with van der Waals surface area (Å²) in [5.74, 6) is -2.73. The van der Waals surface area contributed by atoms with Crippen LogP contribution in [0, 0.1) is 11.6 Å². The summed E-state index contributed by atoms with van der Waals surface area (Å²) in [6, 6.07) is 7.97. The fourth-order valence-electron chi connectivity index (χ4n) is 5.43. The molecule has 1 heterocycles. The van der Waals surface area contributed by atoms with Crippen LogP contribution in [0.2, 0.25) is 0 Å². The lowest BCUT2D eigenvalue weighted by atomic mass is 9.77. The van der Waals surface area contributed by atoms with Crippen molar-refractivity contribution in [1.29, 1.82) is 0 Å². The molecule has 0 bridgehead atoms. The van der Waals surface area contributed by atoms with Crippen molar-refractivity contribution in [2.45, 2.75) is 79.4 Å². The Bertz CT molecular complexity index is 1450. The molecule has 2 fully saturated rings. The maximum Gasteiger partial charge on any atom is 0.416 e. The highest BCUT2D eigenvalue weighted by Gasteiger charge is 2.36. The Labute approximate surface area is 229 Å². The van der Waals surface area contributed by atoms with Crippen molar-refractivity contribution >= 4 is 15.5 Å². The fraction of sp³-hybridized carbons (Fsp3) is 0.429. The van der Waals surface area contributed by atoms with E-state index in [1.54, 1.807) is 6.07 Å². The molecule has 12 heteroatoms. The van der Waals surface area contributed by atoms with Gasteiger partial charge >= 0.3 is 6.18 Å². The molecule has 0 radical (unpaired) electrons. The van der Waals surface area contributed by atoms with Crippen LogP contribution in [0.1, 0.15) is 61.3 Å². The number of sulfone groups is 1. The Kier molecular flexibility index (Phi) is 8.10. The number of aromatic nitrogens is 2. The van der Waals surface area contributed by atoms with Crippen molar-refractivity contribution in [3.63, 3.8) is 0 Å². The number of nitrogens with zero attached hydrogens (tertiary/aromatic N) is 2. The Morgan fingerprint density at radius 2 is 1.75 bits per heavy atom. The lowest BCUT2D eigenvalue weighted by Crippen LogP contribution is -2.53. The van der Waals surface area contributed by atoms with Gasteiger partial charge in [0.15, 0.2) is 9.84 Å². The first-order valence-electron chi connectivity index (χ1n) is 13.2. The van der Waals surface area contributed by atoms with Crippen LogP contribution in [0.3, 0.4) is 0 Å². The number of benzene rings is 2. The van der Waals surface area contributed by atoms with Crippen LogP contribution in [-0.4, -0.2) is 36.5 Å². The van der Waals surface area contributed by atoms with Gasteiger partial charge in [-0.25, -0.2) is 27.2 Å². The molecule has 0 saturated heterocycles. The minimum atomic E-state index is -4.44. The number of anilines is 1. The number of hydrogen-bond donors (Lipinski definition) is 2. The highest BCUT2D eigenvalue weighted by atomic mass is 32.2. The summed E-state index contributed by atoms with van der Waals surface area (Å²) in [6.45, 7) is 0. The predicted molar refractivity (Wildman–Crippen MR) is 139 cm³/mol. The van der Waals surface area contributed by atoms with Gasteiger partial charge in [0.2, 0.25) is 0 Å². The van der Waals surface area contributed by atoms with Crippen molar-refractivity contribution < 1.29 is 30.4 Å². The van der Waals surface area contributed by atoms with E-state index in [9.17, 15) is 21.6 Å². The topological polar surface area (TPSA) is 84.0 Å². The molecule has 5 rings (SSSR count). The Morgan fingerprint density at radius 1 is 0.950 bits per heavy atom. The van der Waals surface area contributed by atoms with Gasteiger partial charge in [0.25, 0.3) is 0 Å². The lowest BCUT2D eigenvalue weighted by Gasteiger charge is -2.41. The molecule has 40 heavy (non-hydrogen) atoms. The molecule has 1 aromatic heterocycles. The van der Waals surface area contributed by atoms with Gasteiger partial charge in [0.05, 0.1) is 22.7 Å². The van der Waals surface area contributed by atoms with Crippen LogP contribution in [-0.2, 0) is 21.8 Å². The summed E-state index contributed by atoms with van der Waals surface area (Å²) in [5.41, 5.74) is -0.105. The van der Waals surface area contributed by atoms with Gasteiger partial charge in [0, 0.05) is 30.4 Å². The maximum atomic E-state index is 15.2. The van der Waals surface area contributed by atoms with E-state index in [0.717, 1.165) is 31.4 Å². The number of rotatable bonds is 8. The van der Waals surface area contributed by atoms with E-state index in [0.29, 0.717) is 30.9 Å². The quantitative estimate of drug-likeness (QED) is 0.318. The second-order valence-corrected chi connectivity index (χ2v) is 12.5. The Morgan fingerprint density at radius 3 is 2.42 bits per heavy atom. The minimum absolute atomic E-state index is 0.131. The third-order valence-corrected chi connectivity index (χ3v) is 9.43. The fourth-order valence-corrected chi connectivity index (χ4v) is 6.78. The largest absolute Gasteiger partial charge is 0.416 e. The summed E-state index contributed by atoms with van der Waals surface area (Å²) in [6.07, 6.45) is 2.68. The van der Waals surface area contributed by atoms with E-state index in [2.05, 4.69) is 20.6 Å². The molecule has 0 aliphatic heterocycles. The van der Waals surface area contributed by atoms with Crippen LogP contribution >= 0.6 is 0 Å². The molecule has 2 aromatic carbocycles. The summed E-state index contributed by atoms with van der Waals surface area (Å²) in [4.78, 5) is 6.80. The summed E-state index contributed by atoms with van der Waals surface area (Å²) >= 11 is 0. The van der Waals surface area contributed by atoms with Crippen molar-refractivity contribution in [3.8, 4) is 0 Å². The van der Waals surface area contributed by atoms with Crippen molar-refractivity contribution in [2.24, 2.45) is 0 Å². The average molecular weight is 581 g/mol. The first-order valence-corrected chi connectivity index (χ1v) is 14.8. The molecular weight excluding hydrogens is 551 g/mol. The first-order chi connectivity index (χ1) is 19.0. The van der Waals surface area contributed by atoms with Crippen LogP contribution in [0.25, 0.3) is 0 Å². The van der Waals surface area contributed by atoms with Crippen LogP contribution in [0.4, 0.5) is 27.6 Å². The summed E-state index contributed by atoms with van der Waals surface area (Å²) < 4.78 is 95.6. The zero-order chi connectivity index (χ0) is 28.5. The monoisotopic (exact) mass is 580 g/mol. The van der Waals surface area contributed by atoms with Gasteiger partial charge in [-0.15, -0.1) is 0 Å². The molecule has 214 valence electrons. The molecule has 2 aliphatic carbocycles. The Balaban J connectivity index is 1.34. The van der Waals surface area contributed by atoms with E-state index in [1.807, 2.05) is 0 Å². The van der Waals surface area contributed by atoms with E-state index in [1.165, 1.54) is 30.7 Å². The zero-order valence-electron chi connectivity index (χ0n) is 21.5. The van der Waals surface area contributed by atoms with Gasteiger partial charge < -0.3 is 10.6 Å². The second-order valence-electron chi connectivity index (χ2n) is 10.5. The molecule has 6 nitrogen and oxygen atoms in total. The molecular formula is C28H29F5N4O2S. The average Bonchev–Trinajstić information content (AvgIpc) is 2.88.